The first-order valence-electron chi connectivity index (χ1n) is 5.63. The molecule has 7 nitrogen and oxygen atoms in total. The molecule has 0 aliphatic carbocycles. The number of methoxy groups -OCH3 is 1. The third-order valence-electron chi connectivity index (χ3n) is 2.50. The molecule has 0 aliphatic rings. The number of nitro groups is 1. The van der Waals surface area contributed by atoms with Crippen LogP contribution >= 0.6 is 0 Å². The van der Waals surface area contributed by atoms with E-state index in [4.69, 9.17) is 9.84 Å². The Morgan fingerprint density at radius 1 is 1.15 bits per heavy atom. The number of non-ortho nitro benzene ring substituents is 1. The van der Waals surface area contributed by atoms with E-state index in [1.165, 1.54) is 37.4 Å². The number of nitrogens with zero attached hydrogens (tertiary/aromatic N) is 3. The van der Waals surface area contributed by atoms with Gasteiger partial charge in [0.2, 0.25) is 0 Å². The second-order valence-electron chi connectivity index (χ2n) is 3.83. The van der Waals surface area contributed by atoms with Crippen LogP contribution in [0.5, 0.6) is 11.5 Å². The minimum absolute atomic E-state index is 0.0783. The van der Waals surface area contributed by atoms with E-state index in [2.05, 4.69) is 10.2 Å². The first kappa shape index (κ1) is 13.5. The Bertz CT molecular complexity index is 653. The molecule has 0 radical (unpaired) electrons. The van der Waals surface area contributed by atoms with Crippen molar-refractivity contribution in [1.82, 2.24) is 0 Å². The average molecular weight is 273 g/mol. The van der Waals surface area contributed by atoms with Gasteiger partial charge in [-0.15, -0.1) is 5.11 Å². The lowest BCUT2D eigenvalue weighted by Gasteiger charge is -2.02. The molecular weight excluding hydrogens is 262 g/mol. The molecule has 0 bridgehead atoms. The highest BCUT2D eigenvalue weighted by Crippen LogP contribution is 2.32. The molecule has 1 N–H and O–H groups in total. The highest BCUT2D eigenvalue weighted by atomic mass is 16.6. The number of hydrogen-bond acceptors (Lipinski definition) is 6. The van der Waals surface area contributed by atoms with Crippen LogP contribution in [-0.4, -0.2) is 17.1 Å². The molecule has 7 heteroatoms. The van der Waals surface area contributed by atoms with E-state index < -0.39 is 4.92 Å². The molecule has 0 unspecified atom stereocenters. The summed E-state index contributed by atoms with van der Waals surface area (Å²) in [6, 6.07) is 10.2. The summed E-state index contributed by atoms with van der Waals surface area (Å²) in [6.45, 7) is 0. The van der Waals surface area contributed by atoms with Crippen LogP contribution in [-0.2, 0) is 0 Å². The molecule has 0 spiro atoms. The maximum Gasteiger partial charge on any atom is 0.273 e. The number of ether oxygens (including phenoxy) is 1. The predicted octanol–water partition coefficient (Wildman–Crippen LogP) is 3.72. The molecule has 0 fully saturated rings. The van der Waals surface area contributed by atoms with Gasteiger partial charge in [0.25, 0.3) is 5.69 Å². The van der Waals surface area contributed by atoms with Crippen molar-refractivity contribution >= 4 is 17.1 Å². The monoisotopic (exact) mass is 273 g/mol. The zero-order valence-electron chi connectivity index (χ0n) is 10.6. The summed E-state index contributed by atoms with van der Waals surface area (Å²) < 4.78 is 5.05. The Hall–Kier alpha value is -2.96. The number of benzene rings is 2. The minimum atomic E-state index is -0.511. The minimum Gasteiger partial charge on any atom is -0.508 e. The van der Waals surface area contributed by atoms with E-state index in [9.17, 15) is 10.1 Å². The Balaban J connectivity index is 2.28. The SMILES string of the molecule is COc1cc([N+](=O)[O-])ccc1N=Nc1ccc(O)cc1. The average Bonchev–Trinajstić information content (AvgIpc) is 2.46. The zero-order chi connectivity index (χ0) is 14.5. The van der Waals surface area contributed by atoms with Crippen LogP contribution in [0.3, 0.4) is 0 Å². The first-order valence-corrected chi connectivity index (χ1v) is 5.63. The molecule has 2 aromatic rings. The number of azo groups is 1. The molecule has 0 saturated heterocycles. The van der Waals surface area contributed by atoms with Gasteiger partial charge in [0.15, 0.2) is 5.75 Å². The van der Waals surface area contributed by atoms with Crippen molar-refractivity contribution in [2.75, 3.05) is 7.11 Å². The normalized spacial score (nSPS) is 10.7. The number of hydrogen-bond donors (Lipinski definition) is 1. The van der Waals surface area contributed by atoms with Gasteiger partial charge in [-0.25, -0.2) is 0 Å². The maximum absolute atomic E-state index is 10.7. The predicted molar refractivity (Wildman–Crippen MR) is 71.9 cm³/mol. The van der Waals surface area contributed by atoms with Crippen molar-refractivity contribution in [2.24, 2.45) is 10.2 Å². The largest absolute Gasteiger partial charge is 0.508 e. The van der Waals surface area contributed by atoms with Crippen LogP contribution < -0.4 is 4.74 Å². The summed E-state index contributed by atoms with van der Waals surface area (Å²) in [6.07, 6.45) is 0. The van der Waals surface area contributed by atoms with Gasteiger partial charge < -0.3 is 9.84 Å². The van der Waals surface area contributed by atoms with E-state index in [1.54, 1.807) is 12.1 Å². The number of rotatable bonds is 4. The lowest BCUT2D eigenvalue weighted by atomic mass is 10.2. The molecule has 2 aromatic carbocycles. The molecule has 20 heavy (non-hydrogen) atoms. The first-order chi connectivity index (χ1) is 9.60. The Morgan fingerprint density at radius 2 is 1.85 bits per heavy atom. The van der Waals surface area contributed by atoms with Gasteiger partial charge in [-0.05, 0) is 30.3 Å². The van der Waals surface area contributed by atoms with Crippen LogP contribution in [0, 0.1) is 10.1 Å². The second kappa shape index (κ2) is 5.79. The molecule has 0 saturated carbocycles. The number of phenolic OH excluding ortho intramolecular Hbond substituents is 1. The highest BCUT2D eigenvalue weighted by molar-refractivity contribution is 5.57. The fourth-order valence-electron chi connectivity index (χ4n) is 1.49. The molecule has 0 amide bonds. The Kier molecular flexibility index (Phi) is 3.90. The molecule has 0 atom stereocenters. The molecule has 0 aromatic heterocycles. The van der Waals surface area contributed by atoms with Crippen LogP contribution in [0.25, 0.3) is 0 Å². The van der Waals surface area contributed by atoms with Crippen molar-refractivity contribution in [3.8, 4) is 11.5 Å². The van der Waals surface area contributed by atoms with Crippen LogP contribution in [0.15, 0.2) is 52.7 Å². The van der Waals surface area contributed by atoms with Crippen molar-refractivity contribution < 1.29 is 14.8 Å². The zero-order valence-corrected chi connectivity index (χ0v) is 10.6. The van der Waals surface area contributed by atoms with Gasteiger partial charge in [-0.3, -0.25) is 10.1 Å². The smallest absolute Gasteiger partial charge is 0.273 e. The van der Waals surface area contributed by atoms with Gasteiger partial charge in [0, 0.05) is 6.07 Å². The quantitative estimate of drug-likeness (QED) is 0.521. The van der Waals surface area contributed by atoms with Crippen molar-refractivity contribution in [3.05, 3.63) is 52.6 Å². The molecule has 0 aliphatic heterocycles. The van der Waals surface area contributed by atoms with Gasteiger partial charge in [-0.1, -0.05) is 0 Å². The number of aromatic hydroxyl groups is 1. The van der Waals surface area contributed by atoms with E-state index in [0.717, 1.165) is 0 Å². The lowest BCUT2D eigenvalue weighted by Crippen LogP contribution is -1.89. The summed E-state index contributed by atoms with van der Waals surface area (Å²) in [5, 5.41) is 27.8. The molecule has 102 valence electrons. The number of nitro benzene ring substituents is 1. The van der Waals surface area contributed by atoms with Crippen molar-refractivity contribution in [2.45, 2.75) is 0 Å². The standard InChI is InChI=1S/C13H11N3O4/c1-20-13-8-10(16(18)19)4-7-12(13)15-14-9-2-5-11(17)6-3-9/h2-8,17H,1H3. The maximum atomic E-state index is 10.7. The summed E-state index contributed by atoms with van der Waals surface area (Å²) in [7, 11) is 1.40. The van der Waals surface area contributed by atoms with Gasteiger partial charge in [0.1, 0.15) is 11.4 Å². The van der Waals surface area contributed by atoms with Crippen molar-refractivity contribution in [3.63, 3.8) is 0 Å². The molecule has 2 rings (SSSR count). The summed E-state index contributed by atoms with van der Waals surface area (Å²) in [5.74, 6) is 0.401. The summed E-state index contributed by atoms with van der Waals surface area (Å²) in [5.41, 5.74) is 0.847. The second-order valence-corrected chi connectivity index (χ2v) is 3.83. The van der Waals surface area contributed by atoms with E-state index in [-0.39, 0.29) is 17.2 Å². The summed E-state index contributed by atoms with van der Waals surface area (Å²) in [4.78, 5) is 10.2. The van der Waals surface area contributed by atoms with Gasteiger partial charge in [0.05, 0.1) is 23.8 Å². The van der Waals surface area contributed by atoms with Crippen LogP contribution in [0.1, 0.15) is 0 Å². The number of phenols is 1. The highest BCUT2D eigenvalue weighted by Gasteiger charge is 2.10. The van der Waals surface area contributed by atoms with Gasteiger partial charge >= 0.3 is 0 Å². The topological polar surface area (TPSA) is 97.3 Å². The third kappa shape index (κ3) is 3.08. The molecular formula is C13H11N3O4. The van der Waals surface area contributed by atoms with E-state index in [1.807, 2.05) is 0 Å². The third-order valence-corrected chi connectivity index (χ3v) is 2.50. The molecule has 0 heterocycles. The fourth-order valence-corrected chi connectivity index (χ4v) is 1.49. The fraction of sp³-hybridized carbons (Fsp3) is 0.0769. The van der Waals surface area contributed by atoms with E-state index >= 15 is 0 Å². The van der Waals surface area contributed by atoms with Crippen molar-refractivity contribution in [1.29, 1.82) is 0 Å². The van der Waals surface area contributed by atoms with Crippen LogP contribution in [0.2, 0.25) is 0 Å². The Morgan fingerprint density at radius 3 is 2.45 bits per heavy atom. The van der Waals surface area contributed by atoms with Crippen LogP contribution in [0.4, 0.5) is 17.1 Å². The Labute approximate surface area is 114 Å². The van der Waals surface area contributed by atoms with Gasteiger partial charge in [-0.2, -0.15) is 5.11 Å². The lowest BCUT2D eigenvalue weighted by molar-refractivity contribution is -0.384. The van der Waals surface area contributed by atoms with E-state index in [0.29, 0.717) is 11.4 Å². The summed E-state index contributed by atoms with van der Waals surface area (Å²) >= 11 is 0.